The predicted octanol–water partition coefficient (Wildman–Crippen LogP) is 7.54. The maximum Gasteiger partial charge on any atom is 0.416 e. The van der Waals surface area contributed by atoms with Crippen molar-refractivity contribution in [2.75, 3.05) is 10.6 Å². The molecule has 0 spiro atoms. The van der Waals surface area contributed by atoms with E-state index in [2.05, 4.69) is 16.0 Å². The number of amides is 3. The molecule has 0 saturated heterocycles. The number of aryl methyl sites for hydroxylation is 1. The van der Waals surface area contributed by atoms with Crippen LogP contribution in [-0.4, -0.2) is 23.0 Å². The number of rotatable bonds is 9. The first-order valence-electron chi connectivity index (χ1n) is 13.2. The number of benzene rings is 4. The third-order valence-electron chi connectivity index (χ3n) is 6.25. The highest BCUT2D eigenvalue weighted by molar-refractivity contribution is 8.00. The minimum Gasteiger partial charge on any atom is -0.325 e. The van der Waals surface area contributed by atoms with Crippen LogP contribution in [0.1, 0.15) is 34.0 Å². The van der Waals surface area contributed by atoms with Gasteiger partial charge >= 0.3 is 6.18 Å². The van der Waals surface area contributed by atoms with Gasteiger partial charge in [0.2, 0.25) is 5.91 Å². The van der Waals surface area contributed by atoms with Gasteiger partial charge in [-0.15, -0.1) is 11.8 Å². The average Bonchev–Trinajstić information content (AvgIpc) is 2.98. The Labute approximate surface area is 251 Å². The largest absolute Gasteiger partial charge is 0.416 e. The molecular formula is C33H28F3N3O3S. The maximum atomic E-state index is 13.4. The molecule has 3 amide bonds. The van der Waals surface area contributed by atoms with Gasteiger partial charge in [-0.05, 0) is 79.6 Å². The van der Waals surface area contributed by atoms with Crippen molar-refractivity contribution in [3.63, 3.8) is 0 Å². The van der Waals surface area contributed by atoms with E-state index < -0.39 is 34.7 Å². The molecule has 220 valence electrons. The zero-order valence-electron chi connectivity index (χ0n) is 23.2. The van der Waals surface area contributed by atoms with Crippen LogP contribution in [0.25, 0.3) is 6.08 Å². The molecule has 0 saturated carbocycles. The van der Waals surface area contributed by atoms with Crippen LogP contribution in [0.5, 0.6) is 0 Å². The summed E-state index contributed by atoms with van der Waals surface area (Å²) in [6.07, 6.45) is -2.92. The van der Waals surface area contributed by atoms with Crippen LogP contribution in [0.15, 0.2) is 114 Å². The van der Waals surface area contributed by atoms with E-state index in [-0.39, 0.29) is 11.4 Å². The molecule has 0 bridgehead atoms. The SMILES string of the molecule is Cc1ccccc1/C=C(\NC(=O)c1ccccc1)C(=O)Nc1cccc(SC(C)C(=O)Nc2cccc(C(F)(F)F)c2)c1. The molecule has 1 unspecified atom stereocenters. The Bertz CT molecular complexity index is 1660. The first-order valence-corrected chi connectivity index (χ1v) is 14.1. The maximum absolute atomic E-state index is 13.4. The Kier molecular flexibility index (Phi) is 10.0. The second-order valence-corrected chi connectivity index (χ2v) is 11.0. The Balaban J connectivity index is 1.47. The third-order valence-corrected chi connectivity index (χ3v) is 7.34. The smallest absolute Gasteiger partial charge is 0.325 e. The van der Waals surface area contributed by atoms with E-state index in [4.69, 9.17) is 0 Å². The van der Waals surface area contributed by atoms with Gasteiger partial charge in [0.05, 0.1) is 10.8 Å². The second kappa shape index (κ2) is 13.9. The van der Waals surface area contributed by atoms with Gasteiger partial charge in [-0.25, -0.2) is 0 Å². The molecule has 4 aromatic carbocycles. The summed E-state index contributed by atoms with van der Waals surface area (Å²) in [7, 11) is 0. The lowest BCUT2D eigenvalue weighted by Gasteiger charge is -2.15. The summed E-state index contributed by atoms with van der Waals surface area (Å²) in [4.78, 5) is 39.6. The van der Waals surface area contributed by atoms with Crippen molar-refractivity contribution in [2.45, 2.75) is 30.2 Å². The van der Waals surface area contributed by atoms with Gasteiger partial charge in [0.15, 0.2) is 0 Å². The summed E-state index contributed by atoms with van der Waals surface area (Å²) in [5.74, 6) is -1.48. The number of alkyl halides is 3. The summed E-state index contributed by atoms with van der Waals surface area (Å²) in [6.45, 7) is 3.52. The zero-order valence-corrected chi connectivity index (χ0v) is 24.1. The molecule has 6 nitrogen and oxygen atoms in total. The van der Waals surface area contributed by atoms with Gasteiger partial charge in [-0.1, -0.05) is 54.6 Å². The summed E-state index contributed by atoms with van der Waals surface area (Å²) in [5, 5.41) is 7.36. The number of hydrogen-bond donors (Lipinski definition) is 3. The van der Waals surface area contributed by atoms with Crippen molar-refractivity contribution < 1.29 is 27.6 Å². The summed E-state index contributed by atoms with van der Waals surface area (Å²) < 4.78 is 39.1. The minimum absolute atomic E-state index is 0.0371. The van der Waals surface area contributed by atoms with Crippen LogP contribution < -0.4 is 16.0 Å². The third kappa shape index (κ3) is 8.83. The fourth-order valence-corrected chi connectivity index (χ4v) is 4.89. The molecule has 43 heavy (non-hydrogen) atoms. The molecule has 0 aliphatic carbocycles. The second-order valence-electron chi connectivity index (χ2n) is 9.54. The van der Waals surface area contributed by atoms with E-state index in [1.807, 2.05) is 31.2 Å². The van der Waals surface area contributed by atoms with E-state index in [0.717, 1.165) is 23.3 Å². The Morgan fingerprint density at radius 3 is 2.14 bits per heavy atom. The molecule has 10 heteroatoms. The first kappa shape index (κ1) is 31.1. The number of carbonyl (C=O) groups is 3. The fourth-order valence-electron chi connectivity index (χ4n) is 3.97. The number of thioether (sulfide) groups is 1. The molecule has 0 aliphatic heterocycles. The van der Waals surface area contributed by atoms with Crippen molar-refractivity contribution in [3.05, 3.63) is 131 Å². The van der Waals surface area contributed by atoms with Crippen LogP contribution >= 0.6 is 11.8 Å². The van der Waals surface area contributed by atoms with E-state index in [9.17, 15) is 27.6 Å². The quantitative estimate of drug-likeness (QED) is 0.136. The Hall–Kier alpha value is -4.83. The number of carbonyl (C=O) groups excluding carboxylic acids is 3. The van der Waals surface area contributed by atoms with Crippen molar-refractivity contribution in [3.8, 4) is 0 Å². The molecule has 0 radical (unpaired) electrons. The van der Waals surface area contributed by atoms with Crippen molar-refractivity contribution >= 4 is 46.9 Å². The normalized spacial score (nSPS) is 12.3. The summed E-state index contributed by atoms with van der Waals surface area (Å²) in [6, 6.07) is 27.2. The van der Waals surface area contributed by atoms with E-state index >= 15 is 0 Å². The fraction of sp³-hybridized carbons (Fsp3) is 0.121. The average molecular weight is 604 g/mol. The number of hydrogen-bond acceptors (Lipinski definition) is 4. The highest BCUT2D eigenvalue weighted by Crippen LogP contribution is 2.31. The van der Waals surface area contributed by atoms with Gasteiger partial charge in [0, 0.05) is 21.8 Å². The molecule has 0 aliphatic rings. The predicted molar refractivity (Wildman–Crippen MR) is 164 cm³/mol. The molecule has 4 rings (SSSR count). The van der Waals surface area contributed by atoms with Crippen LogP contribution in [0.4, 0.5) is 24.5 Å². The van der Waals surface area contributed by atoms with Gasteiger partial charge in [-0.2, -0.15) is 13.2 Å². The van der Waals surface area contributed by atoms with Gasteiger partial charge in [0.1, 0.15) is 5.70 Å². The number of halogens is 3. The topological polar surface area (TPSA) is 87.3 Å². The van der Waals surface area contributed by atoms with E-state index in [1.165, 1.54) is 23.9 Å². The first-order chi connectivity index (χ1) is 20.5. The lowest BCUT2D eigenvalue weighted by molar-refractivity contribution is -0.137. The van der Waals surface area contributed by atoms with Crippen LogP contribution in [-0.2, 0) is 15.8 Å². The molecule has 3 N–H and O–H groups in total. The summed E-state index contributed by atoms with van der Waals surface area (Å²) in [5.41, 5.74) is 1.70. The Morgan fingerprint density at radius 1 is 0.791 bits per heavy atom. The van der Waals surface area contributed by atoms with E-state index in [1.54, 1.807) is 67.6 Å². The zero-order chi connectivity index (χ0) is 31.0. The molecule has 0 aromatic heterocycles. The monoisotopic (exact) mass is 603 g/mol. The lowest BCUT2D eigenvalue weighted by Crippen LogP contribution is -2.30. The van der Waals surface area contributed by atoms with Gasteiger partial charge in [0.25, 0.3) is 11.8 Å². The van der Waals surface area contributed by atoms with Gasteiger partial charge < -0.3 is 16.0 Å². The lowest BCUT2D eigenvalue weighted by atomic mass is 10.1. The number of nitrogens with one attached hydrogen (secondary N) is 3. The highest BCUT2D eigenvalue weighted by Gasteiger charge is 2.30. The van der Waals surface area contributed by atoms with Crippen molar-refractivity contribution in [2.24, 2.45) is 0 Å². The van der Waals surface area contributed by atoms with Crippen molar-refractivity contribution in [1.82, 2.24) is 5.32 Å². The Morgan fingerprint density at radius 2 is 1.44 bits per heavy atom. The minimum atomic E-state index is -4.52. The standard InChI is InChI=1S/C33H28F3N3O3S/c1-21-10-6-7-13-24(21)18-29(39-31(41)23-11-4-3-5-12-23)32(42)38-27-16-9-17-28(20-27)43-22(2)30(40)37-26-15-8-14-25(19-26)33(34,35)36/h3-20,22H,1-2H3,(H,37,40)(H,38,42)(H,39,41)/b29-18-. The molecular weight excluding hydrogens is 575 g/mol. The van der Waals surface area contributed by atoms with E-state index in [0.29, 0.717) is 16.1 Å². The van der Waals surface area contributed by atoms with Crippen LogP contribution in [0.3, 0.4) is 0 Å². The molecule has 1 atom stereocenters. The highest BCUT2D eigenvalue weighted by atomic mass is 32.2. The molecule has 4 aromatic rings. The van der Waals surface area contributed by atoms with Gasteiger partial charge in [-0.3, -0.25) is 14.4 Å². The molecule has 0 heterocycles. The van der Waals surface area contributed by atoms with Crippen LogP contribution in [0.2, 0.25) is 0 Å². The molecule has 0 fully saturated rings. The van der Waals surface area contributed by atoms with Crippen molar-refractivity contribution in [1.29, 1.82) is 0 Å². The summed E-state index contributed by atoms with van der Waals surface area (Å²) >= 11 is 1.17. The van der Waals surface area contributed by atoms with Crippen LogP contribution in [0, 0.1) is 6.92 Å². The number of anilines is 2.